The monoisotopic (exact) mass is 277 g/mol. The van der Waals surface area contributed by atoms with E-state index in [1.54, 1.807) is 17.1 Å². The van der Waals surface area contributed by atoms with Crippen molar-refractivity contribution in [2.24, 2.45) is 0 Å². The molecule has 1 saturated heterocycles. The van der Waals surface area contributed by atoms with Crippen LogP contribution in [0, 0.1) is 0 Å². The smallest absolute Gasteiger partial charge is 0.224 e. The molecule has 1 saturated carbocycles. The van der Waals surface area contributed by atoms with Crippen molar-refractivity contribution in [3.8, 4) is 0 Å². The number of hydrogen-bond acceptors (Lipinski definition) is 4. The molecule has 2 heterocycles. The molecule has 110 valence electrons. The lowest BCUT2D eigenvalue weighted by atomic mass is 10.0. The lowest BCUT2D eigenvalue weighted by molar-refractivity contribution is -0.132. The van der Waals surface area contributed by atoms with E-state index in [1.807, 2.05) is 0 Å². The van der Waals surface area contributed by atoms with E-state index in [9.17, 15) is 4.79 Å². The molecule has 1 atom stereocenters. The van der Waals surface area contributed by atoms with E-state index in [0.717, 1.165) is 13.1 Å². The highest BCUT2D eigenvalue weighted by Crippen LogP contribution is 2.28. The average molecular weight is 277 g/mol. The summed E-state index contributed by atoms with van der Waals surface area (Å²) in [7, 11) is 0. The number of aromatic nitrogens is 3. The Hall–Kier alpha value is -1.43. The zero-order valence-electron chi connectivity index (χ0n) is 11.9. The first-order valence-electron chi connectivity index (χ1n) is 7.70. The molecule has 6 heteroatoms. The Morgan fingerprint density at radius 3 is 2.90 bits per heavy atom. The summed E-state index contributed by atoms with van der Waals surface area (Å²) in [6.07, 6.45) is 10.0. The van der Waals surface area contributed by atoms with Gasteiger partial charge in [0.25, 0.3) is 0 Å². The van der Waals surface area contributed by atoms with Crippen molar-refractivity contribution in [2.45, 2.75) is 57.2 Å². The molecule has 2 aliphatic rings. The van der Waals surface area contributed by atoms with E-state index in [-0.39, 0.29) is 5.91 Å². The highest BCUT2D eigenvalue weighted by atomic mass is 16.2. The van der Waals surface area contributed by atoms with Crippen LogP contribution in [-0.4, -0.2) is 51.0 Å². The van der Waals surface area contributed by atoms with Crippen LogP contribution in [0.25, 0.3) is 0 Å². The molecule has 6 nitrogen and oxygen atoms in total. The Labute approximate surface area is 119 Å². The molecular formula is C14H23N5O. The first-order valence-corrected chi connectivity index (χ1v) is 7.70. The Kier molecular flexibility index (Phi) is 4.30. The van der Waals surface area contributed by atoms with Gasteiger partial charge in [-0.25, -0.2) is 0 Å². The maximum atomic E-state index is 12.4. The Balaban J connectivity index is 1.51. The minimum absolute atomic E-state index is 0.260. The number of aryl methyl sites for hydroxylation is 1. The van der Waals surface area contributed by atoms with Crippen molar-refractivity contribution in [3.05, 3.63) is 12.4 Å². The third-order valence-corrected chi connectivity index (χ3v) is 4.16. The molecule has 20 heavy (non-hydrogen) atoms. The maximum absolute atomic E-state index is 12.4. The molecule has 0 spiro atoms. The maximum Gasteiger partial charge on any atom is 0.224 e. The van der Waals surface area contributed by atoms with Crippen LogP contribution >= 0.6 is 0 Å². The minimum Gasteiger partial charge on any atom is -0.338 e. The molecule has 0 aromatic carbocycles. The molecule has 1 unspecified atom stereocenters. The van der Waals surface area contributed by atoms with Gasteiger partial charge < -0.3 is 10.2 Å². The first-order chi connectivity index (χ1) is 9.83. The SMILES string of the molecule is O=C(CCn1ccnn1)N(CC1CCCCN1)C1CC1. The molecule has 1 aliphatic heterocycles. The number of carbonyl (C=O) groups is 1. The molecule has 3 rings (SSSR count). The predicted molar refractivity (Wildman–Crippen MR) is 75.0 cm³/mol. The topological polar surface area (TPSA) is 63.1 Å². The summed E-state index contributed by atoms with van der Waals surface area (Å²) in [5.41, 5.74) is 0. The molecule has 0 bridgehead atoms. The molecule has 2 fully saturated rings. The normalized spacial score (nSPS) is 22.7. The second kappa shape index (κ2) is 6.35. The van der Waals surface area contributed by atoms with E-state index < -0.39 is 0 Å². The summed E-state index contributed by atoms with van der Waals surface area (Å²) < 4.78 is 1.72. The van der Waals surface area contributed by atoms with E-state index >= 15 is 0 Å². The van der Waals surface area contributed by atoms with E-state index in [2.05, 4.69) is 20.5 Å². The second-order valence-electron chi connectivity index (χ2n) is 5.84. The van der Waals surface area contributed by atoms with Crippen LogP contribution in [0.2, 0.25) is 0 Å². The Morgan fingerprint density at radius 2 is 2.25 bits per heavy atom. The van der Waals surface area contributed by atoms with Gasteiger partial charge >= 0.3 is 0 Å². The fourth-order valence-electron chi connectivity index (χ4n) is 2.86. The highest BCUT2D eigenvalue weighted by Gasteiger charge is 2.33. The number of piperidine rings is 1. The standard InChI is InChI=1S/C14H23N5O/c20-14(6-9-18-10-8-16-17-18)19(13-4-5-13)11-12-3-1-2-7-15-12/h8,10,12-13,15H,1-7,9,11H2. The summed E-state index contributed by atoms with van der Waals surface area (Å²) >= 11 is 0. The molecule has 1 N–H and O–H groups in total. The summed E-state index contributed by atoms with van der Waals surface area (Å²) in [6, 6.07) is 0.974. The van der Waals surface area contributed by atoms with Gasteiger partial charge in [-0.1, -0.05) is 11.6 Å². The van der Waals surface area contributed by atoms with Crippen molar-refractivity contribution in [1.82, 2.24) is 25.2 Å². The largest absolute Gasteiger partial charge is 0.338 e. The zero-order chi connectivity index (χ0) is 13.8. The number of amides is 1. The zero-order valence-corrected chi connectivity index (χ0v) is 11.9. The number of nitrogens with zero attached hydrogens (tertiary/aromatic N) is 4. The number of rotatable bonds is 6. The van der Waals surface area contributed by atoms with Gasteiger partial charge in [0.05, 0.1) is 12.7 Å². The van der Waals surface area contributed by atoms with Crippen molar-refractivity contribution in [3.63, 3.8) is 0 Å². The Bertz CT molecular complexity index is 423. The molecule has 1 aromatic rings. The molecule has 1 amide bonds. The molecule has 0 radical (unpaired) electrons. The van der Waals surface area contributed by atoms with E-state index in [4.69, 9.17) is 0 Å². The van der Waals surface area contributed by atoms with Gasteiger partial charge in [0.15, 0.2) is 0 Å². The summed E-state index contributed by atoms with van der Waals surface area (Å²) in [5.74, 6) is 0.260. The van der Waals surface area contributed by atoms with Crippen LogP contribution < -0.4 is 5.32 Å². The Morgan fingerprint density at radius 1 is 1.35 bits per heavy atom. The lowest BCUT2D eigenvalue weighted by Gasteiger charge is -2.31. The van der Waals surface area contributed by atoms with Crippen molar-refractivity contribution in [2.75, 3.05) is 13.1 Å². The summed E-state index contributed by atoms with van der Waals surface area (Å²) in [4.78, 5) is 14.5. The van der Waals surface area contributed by atoms with Gasteiger partial charge in [-0.05, 0) is 32.2 Å². The van der Waals surface area contributed by atoms with Gasteiger partial charge in [-0.2, -0.15) is 0 Å². The molecule has 1 aliphatic carbocycles. The molecular weight excluding hydrogens is 254 g/mol. The number of carbonyl (C=O) groups excluding carboxylic acids is 1. The van der Waals surface area contributed by atoms with Crippen LogP contribution in [0.1, 0.15) is 38.5 Å². The number of hydrogen-bond donors (Lipinski definition) is 1. The number of nitrogens with one attached hydrogen (secondary N) is 1. The van der Waals surface area contributed by atoms with Crippen LogP contribution in [-0.2, 0) is 11.3 Å². The van der Waals surface area contributed by atoms with Crippen molar-refractivity contribution >= 4 is 5.91 Å². The predicted octanol–water partition coefficient (Wildman–Crippen LogP) is 0.801. The van der Waals surface area contributed by atoms with Crippen LogP contribution in [0.15, 0.2) is 12.4 Å². The van der Waals surface area contributed by atoms with Gasteiger partial charge in [0, 0.05) is 31.2 Å². The quantitative estimate of drug-likeness (QED) is 0.835. The molecule has 1 aromatic heterocycles. The fraction of sp³-hybridized carbons (Fsp3) is 0.786. The lowest BCUT2D eigenvalue weighted by Crippen LogP contribution is -2.46. The van der Waals surface area contributed by atoms with Crippen LogP contribution in [0.5, 0.6) is 0 Å². The van der Waals surface area contributed by atoms with Crippen molar-refractivity contribution < 1.29 is 4.79 Å². The second-order valence-corrected chi connectivity index (χ2v) is 5.84. The third kappa shape index (κ3) is 3.56. The van der Waals surface area contributed by atoms with Crippen molar-refractivity contribution in [1.29, 1.82) is 0 Å². The van der Waals surface area contributed by atoms with E-state index in [0.29, 0.717) is 25.0 Å². The van der Waals surface area contributed by atoms with Gasteiger partial charge in [0.2, 0.25) is 5.91 Å². The van der Waals surface area contributed by atoms with Gasteiger partial charge in [-0.3, -0.25) is 9.48 Å². The van der Waals surface area contributed by atoms with Crippen LogP contribution in [0.3, 0.4) is 0 Å². The highest BCUT2D eigenvalue weighted by molar-refractivity contribution is 5.76. The summed E-state index contributed by atoms with van der Waals surface area (Å²) in [5, 5.41) is 11.2. The van der Waals surface area contributed by atoms with E-state index in [1.165, 1.54) is 32.1 Å². The summed E-state index contributed by atoms with van der Waals surface area (Å²) in [6.45, 7) is 2.59. The fourth-order valence-corrected chi connectivity index (χ4v) is 2.86. The minimum atomic E-state index is 0.260. The average Bonchev–Trinajstić information content (AvgIpc) is 3.19. The van der Waals surface area contributed by atoms with Gasteiger partial charge in [-0.15, -0.1) is 5.10 Å². The van der Waals surface area contributed by atoms with Crippen LogP contribution in [0.4, 0.5) is 0 Å². The third-order valence-electron chi connectivity index (χ3n) is 4.16. The first kappa shape index (κ1) is 13.5. The van der Waals surface area contributed by atoms with Gasteiger partial charge in [0.1, 0.15) is 0 Å².